The number of nitrogens with zero attached hydrogens (tertiary/aromatic N) is 3. The first-order valence-electron chi connectivity index (χ1n) is 5.79. The molecule has 0 amide bonds. The molecule has 1 unspecified atom stereocenters. The van der Waals surface area contributed by atoms with Crippen molar-refractivity contribution in [3.8, 4) is 0 Å². The third-order valence-electron chi connectivity index (χ3n) is 2.96. The average molecular weight is 288 g/mol. The van der Waals surface area contributed by atoms with Crippen LogP contribution in [0.3, 0.4) is 0 Å². The zero-order chi connectivity index (χ0) is 15.1. The molecule has 4 N–H and O–H groups in total. The van der Waals surface area contributed by atoms with Gasteiger partial charge >= 0.3 is 6.18 Å². The second-order valence-corrected chi connectivity index (χ2v) is 4.49. The van der Waals surface area contributed by atoms with Gasteiger partial charge in [-0.25, -0.2) is 4.99 Å². The smallest absolute Gasteiger partial charge is 0.374 e. The number of rotatable bonds is 2. The molecule has 2 rings (SSSR count). The summed E-state index contributed by atoms with van der Waals surface area (Å²) in [5, 5.41) is 9.16. The van der Waals surface area contributed by atoms with Crippen LogP contribution >= 0.6 is 0 Å². The minimum absolute atomic E-state index is 0.224. The SMILES string of the molecule is CNC1=C(C(F)(F)F)C=NC(N)(c2cn(C)nc2C)N1. The number of nitrogens with one attached hydrogen (secondary N) is 2. The molecule has 0 aliphatic carbocycles. The van der Waals surface area contributed by atoms with Crippen LogP contribution in [0.25, 0.3) is 0 Å². The predicted molar refractivity (Wildman–Crippen MR) is 67.6 cm³/mol. The van der Waals surface area contributed by atoms with Crippen LogP contribution in [0.2, 0.25) is 0 Å². The molecule has 1 aliphatic rings. The Bertz CT molecular complexity index is 585. The van der Waals surface area contributed by atoms with Crippen molar-refractivity contribution in [3.05, 3.63) is 28.8 Å². The number of hydrogen-bond acceptors (Lipinski definition) is 5. The van der Waals surface area contributed by atoms with Crippen molar-refractivity contribution in [2.24, 2.45) is 17.8 Å². The van der Waals surface area contributed by atoms with Gasteiger partial charge in [0, 0.05) is 26.5 Å². The molecular formula is C11H15F3N6. The van der Waals surface area contributed by atoms with Crippen LogP contribution in [0.15, 0.2) is 22.6 Å². The van der Waals surface area contributed by atoms with Crippen molar-refractivity contribution in [1.82, 2.24) is 20.4 Å². The van der Waals surface area contributed by atoms with Gasteiger partial charge in [0.1, 0.15) is 11.4 Å². The lowest BCUT2D eigenvalue weighted by Crippen LogP contribution is -2.54. The highest BCUT2D eigenvalue weighted by molar-refractivity contribution is 5.82. The second-order valence-electron chi connectivity index (χ2n) is 4.49. The molecule has 110 valence electrons. The summed E-state index contributed by atoms with van der Waals surface area (Å²) in [4.78, 5) is 3.82. The first-order chi connectivity index (χ1) is 9.17. The second kappa shape index (κ2) is 4.51. The van der Waals surface area contributed by atoms with Gasteiger partial charge < -0.3 is 10.6 Å². The van der Waals surface area contributed by atoms with E-state index in [0.717, 1.165) is 6.21 Å². The Morgan fingerprint density at radius 2 is 2.10 bits per heavy atom. The van der Waals surface area contributed by atoms with Crippen LogP contribution in [0, 0.1) is 6.92 Å². The van der Waals surface area contributed by atoms with E-state index in [-0.39, 0.29) is 5.82 Å². The van der Waals surface area contributed by atoms with Gasteiger partial charge in [0.05, 0.1) is 11.3 Å². The third kappa shape index (κ3) is 2.36. The van der Waals surface area contributed by atoms with E-state index in [1.54, 1.807) is 20.2 Å². The monoisotopic (exact) mass is 288 g/mol. The van der Waals surface area contributed by atoms with Gasteiger partial charge in [0.25, 0.3) is 0 Å². The summed E-state index contributed by atoms with van der Waals surface area (Å²) in [6.07, 6.45) is -2.17. The third-order valence-corrected chi connectivity index (χ3v) is 2.96. The van der Waals surface area contributed by atoms with Gasteiger partial charge in [-0.2, -0.15) is 18.3 Å². The molecule has 0 saturated carbocycles. The van der Waals surface area contributed by atoms with Crippen LogP contribution in [0.4, 0.5) is 13.2 Å². The molecule has 6 nitrogen and oxygen atoms in total. The molecule has 0 radical (unpaired) electrons. The van der Waals surface area contributed by atoms with Crippen molar-refractivity contribution in [1.29, 1.82) is 0 Å². The number of aliphatic imine (C=N–C) groups is 1. The molecule has 1 aliphatic heterocycles. The molecule has 1 aromatic heterocycles. The first kappa shape index (κ1) is 14.4. The molecule has 1 aromatic rings. The van der Waals surface area contributed by atoms with Crippen molar-refractivity contribution < 1.29 is 13.2 Å². The van der Waals surface area contributed by atoms with Gasteiger partial charge in [-0.15, -0.1) is 0 Å². The van der Waals surface area contributed by atoms with E-state index in [9.17, 15) is 13.2 Å². The number of alkyl halides is 3. The molecule has 0 fully saturated rings. The van der Waals surface area contributed by atoms with Crippen molar-refractivity contribution in [2.45, 2.75) is 18.9 Å². The highest BCUT2D eigenvalue weighted by Crippen LogP contribution is 2.31. The molecule has 20 heavy (non-hydrogen) atoms. The van der Waals surface area contributed by atoms with E-state index in [0.29, 0.717) is 11.3 Å². The fraction of sp³-hybridized carbons (Fsp3) is 0.455. The lowest BCUT2D eigenvalue weighted by atomic mass is 10.1. The van der Waals surface area contributed by atoms with Crippen LogP contribution in [0.5, 0.6) is 0 Å². The molecule has 0 spiro atoms. The summed E-state index contributed by atoms with van der Waals surface area (Å²) in [5.74, 6) is -1.70. The Labute approximate surface area is 113 Å². The molecule has 0 saturated heterocycles. The number of hydrogen-bond donors (Lipinski definition) is 3. The highest BCUT2D eigenvalue weighted by Gasteiger charge is 2.42. The normalized spacial score (nSPS) is 22.9. The summed E-state index contributed by atoms with van der Waals surface area (Å²) < 4.78 is 40.0. The maximum atomic E-state index is 12.8. The lowest BCUT2D eigenvalue weighted by molar-refractivity contribution is -0.0875. The van der Waals surface area contributed by atoms with Gasteiger partial charge in [0.2, 0.25) is 5.79 Å². The number of aromatic nitrogens is 2. The summed E-state index contributed by atoms with van der Waals surface area (Å²) in [6, 6.07) is 0. The maximum Gasteiger partial charge on any atom is 0.421 e. The largest absolute Gasteiger partial charge is 0.421 e. The lowest BCUT2D eigenvalue weighted by Gasteiger charge is -2.33. The van der Waals surface area contributed by atoms with Gasteiger partial charge in [-0.1, -0.05) is 0 Å². The molecule has 2 heterocycles. The minimum Gasteiger partial charge on any atom is -0.374 e. The average Bonchev–Trinajstić information content (AvgIpc) is 2.67. The van der Waals surface area contributed by atoms with Gasteiger partial charge in [-0.05, 0) is 6.92 Å². The van der Waals surface area contributed by atoms with E-state index in [1.807, 2.05) is 0 Å². The number of nitrogens with two attached hydrogens (primary N) is 1. The summed E-state index contributed by atoms with van der Waals surface area (Å²) in [7, 11) is 3.08. The van der Waals surface area contributed by atoms with E-state index in [1.165, 1.54) is 11.7 Å². The number of aryl methyl sites for hydroxylation is 2. The zero-order valence-corrected chi connectivity index (χ0v) is 11.2. The molecule has 1 atom stereocenters. The van der Waals surface area contributed by atoms with Crippen molar-refractivity contribution in [3.63, 3.8) is 0 Å². The summed E-state index contributed by atoms with van der Waals surface area (Å²) in [6.45, 7) is 1.71. The Kier molecular flexibility index (Phi) is 3.24. The van der Waals surface area contributed by atoms with E-state index in [4.69, 9.17) is 5.73 Å². The molecule has 9 heteroatoms. The van der Waals surface area contributed by atoms with E-state index >= 15 is 0 Å². The van der Waals surface area contributed by atoms with E-state index in [2.05, 4.69) is 20.7 Å². The molecular weight excluding hydrogens is 273 g/mol. The predicted octanol–water partition coefficient (Wildman–Crippen LogP) is 0.465. The first-order valence-corrected chi connectivity index (χ1v) is 5.79. The Morgan fingerprint density at radius 1 is 1.45 bits per heavy atom. The van der Waals surface area contributed by atoms with Crippen LogP contribution in [-0.2, 0) is 12.8 Å². The van der Waals surface area contributed by atoms with Crippen molar-refractivity contribution in [2.75, 3.05) is 7.05 Å². The summed E-state index contributed by atoms with van der Waals surface area (Å²) >= 11 is 0. The quantitative estimate of drug-likeness (QED) is 0.739. The highest BCUT2D eigenvalue weighted by atomic mass is 19.4. The topological polar surface area (TPSA) is 80.3 Å². The van der Waals surface area contributed by atoms with Crippen LogP contribution in [-0.4, -0.2) is 29.2 Å². The zero-order valence-electron chi connectivity index (χ0n) is 11.2. The van der Waals surface area contributed by atoms with Crippen LogP contribution < -0.4 is 16.4 Å². The standard InChI is InChI=1S/C11H15F3N6/c1-6-8(5-20(3)19-6)11(15)17-4-7(10(12,13)14)9(16-2)18-11/h4-5,16,18H,15H2,1-3H3. The van der Waals surface area contributed by atoms with E-state index < -0.39 is 17.5 Å². The Morgan fingerprint density at radius 3 is 2.55 bits per heavy atom. The fourth-order valence-electron chi connectivity index (χ4n) is 2.04. The van der Waals surface area contributed by atoms with Crippen LogP contribution in [0.1, 0.15) is 11.3 Å². The van der Waals surface area contributed by atoms with Gasteiger partial charge in [-0.3, -0.25) is 10.4 Å². The van der Waals surface area contributed by atoms with Crippen molar-refractivity contribution >= 4 is 6.21 Å². The molecule has 0 bridgehead atoms. The molecule has 0 aromatic carbocycles. The number of halogens is 3. The summed E-state index contributed by atoms with van der Waals surface area (Å²) in [5.41, 5.74) is 6.26. The Balaban J connectivity index is 2.44. The van der Waals surface area contributed by atoms with Gasteiger partial charge in [0.15, 0.2) is 0 Å². The Hall–Kier alpha value is -2.03. The maximum absolute atomic E-state index is 12.8. The fourth-order valence-corrected chi connectivity index (χ4v) is 2.04. The minimum atomic E-state index is -4.51. The number of allylic oxidation sites excluding steroid dienone is 1.